The predicted molar refractivity (Wildman–Crippen MR) is 227 cm³/mol. The van der Waals surface area contributed by atoms with E-state index >= 15 is 0 Å². The summed E-state index contributed by atoms with van der Waals surface area (Å²) in [4.78, 5) is 39.0. The first-order valence-electron chi connectivity index (χ1n) is 21.2. The smallest absolute Gasteiger partial charge is 0.339 e. The molecule has 14 heteroatoms. The number of fused-ring (bicyclic) bond motifs is 8. The third kappa shape index (κ3) is 9.64. The van der Waals surface area contributed by atoms with E-state index in [2.05, 4.69) is 0 Å². The zero-order valence-corrected chi connectivity index (χ0v) is 37.1. The van der Waals surface area contributed by atoms with Crippen molar-refractivity contribution in [2.45, 2.75) is 136 Å². The molecule has 0 bridgehead atoms. The van der Waals surface area contributed by atoms with E-state index in [-0.39, 0.29) is 37.3 Å². The number of aliphatic hydroxyl groups is 1. The summed E-state index contributed by atoms with van der Waals surface area (Å²) in [6.07, 6.45) is 11.5. The number of rotatable bonds is 0. The maximum Gasteiger partial charge on any atom is 0.339 e. The molecule has 0 aromatic heterocycles. The molecule has 9 atom stereocenters. The van der Waals surface area contributed by atoms with Crippen molar-refractivity contribution in [2.24, 2.45) is 11.8 Å². The lowest BCUT2D eigenvalue weighted by Gasteiger charge is -2.22. The summed E-state index contributed by atoms with van der Waals surface area (Å²) in [6.45, 7) is 18.6. The molecule has 334 valence electrons. The molecular weight excluding hydrogens is 801 g/mol. The maximum atomic E-state index is 13.1. The summed E-state index contributed by atoms with van der Waals surface area (Å²) in [6, 6.07) is 3.59. The van der Waals surface area contributed by atoms with Gasteiger partial charge in [0.1, 0.15) is 30.5 Å². The average molecular weight is 859 g/mol. The molecule has 8 rings (SSSR count). The first-order valence-corrected chi connectivity index (χ1v) is 21.2. The van der Waals surface area contributed by atoms with Crippen LogP contribution in [0.15, 0.2) is 48.6 Å². The zero-order valence-electron chi connectivity index (χ0n) is 37.1. The summed E-state index contributed by atoms with van der Waals surface area (Å²) in [5.74, 6) is -0.710. The molecule has 6 aliphatic rings. The molecule has 0 spiro atoms. The van der Waals surface area contributed by atoms with E-state index < -0.39 is 60.1 Å². The van der Waals surface area contributed by atoms with Crippen molar-refractivity contribution in [1.29, 1.82) is 0 Å². The van der Waals surface area contributed by atoms with Gasteiger partial charge in [-0.15, -0.1) is 0 Å². The van der Waals surface area contributed by atoms with Crippen molar-refractivity contribution >= 4 is 29.9 Å². The molecule has 6 heterocycles. The van der Waals surface area contributed by atoms with Crippen LogP contribution in [0.3, 0.4) is 0 Å². The van der Waals surface area contributed by atoms with Crippen LogP contribution in [0, 0.1) is 25.7 Å². The van der Waals surface area contributed by atoms with Crippen LogP contribution < -0.4 is 18.9 Å². The lowest BCUT2D eigenvalue weighted by atomic mass is 9.97. The number of hydrogen-bond donors (Lipinski definition) is 1. The first kappa shape index (κ1) is 45.0. The molecule has 1 N–H and O–H groups in total. The van der Waals surface area contributed by atoms with Gasteiger partial charge in [-0.2, -0.15) is 0 Å². The van der Waals surface area contributed by atoms with Crippen LogP contribution in [0.1, 0.15) is 111 Å². The number of esters is 2. The second-order valence-corrected chi connectivity index (χ2v) is 17.5. The van der Waals surface area contributed by atoms with Crippen LogP contribution in [0.2, 0.25) is 0 Å². The molecule has 6 aliphatic heterocycles. The summed E-state index contributed by atoms with van der Waals surface area (Å²) >= 11 is 0. The Hall–Kier alpha value is -4.99. The van der Waals surface area contributed by atoms with Gasteiger partial charge in [0, 0.05) is 23.0 Å². The Labute approximate surface area is 362 Å². The highest BCUT2D eigenvalue weighted by atomic mass is 16.8. The summed E-state index contributed by atoms with van der Waals surface area (Å²) in [5.41, 5.74) is 3.63. The first-order chi connectivity index (χ1) is 29.3. The van der Waals surface area contributed by atoms with Crippen molar-refractivity contribution in [2.75, 3.05) is 13.6 Å². The van der Waals surface area contributed by atoms with Gasteiger partial charge in [0.25, 0.3) is 0 Å². The molecule has 2 fully saturated rings. The standard InChI is InChI=1S/C24H30O7.C24H28O7/c2*1-13-9-10-17(25)22-18(30-24(4,5)31-22)8-6-7-16-20(23(26)29-15(13)3)14(2)11-19-21(16)28-12-27-19/h6-7,9-11,13,15,17-18,22,25H,8,12H2,1-5H3;6-7,9-11,13,15,18,22H,8,12H2,1-5H3/b2*7-6?,10-9-/t13-,15+,17?,18+,22-;13-,15+,18+,22-/m11/s1. The van der Waals surface area contributed by atoms with Crippen LogP contribution in [0.4, 0.5) is 0 Å². The van der Waals surface area contributed by atoms with Crippen molar-refractivity contribution < 1.29 is 66.9 Å². The molecule has 2 aromatic rings. The topological polar surface area (TPSA) is 164 Å². The van der Waals surface area contributed by atoms with Gasteiger partial charge in [-0.05, 0) is 97.6 Å². The van der Waals surface area contributed by atoms with Crippen molar-refractivity contribution in [3.63, 3.8) is 0 Å². The van der Waals surface area contributed by atoms with Crippen LogP contribution >= 0.6 is 0 Å². The average Bonchev–Trinajstić information content (AvgIpc) is 4.00. The number of carbonyl (C=O) groups excluding carboxylic acids is 3. The molecule has 0 aliphatic carbocycles. The third-order valence-electron chi connectivity index (χ3n) is 11.8. The van der Waals surface area contributed by atoms with Crippen molar-refractivity contribution in [1.82, 2.24) is 0 Å². The fourth-order valence-electron chi connectivity index (χ4n) is 8.21. The third-order valence-corrected chi connectivity index (χ3v) is 11.8. The van der Waals surface area contributed by atoms with Gasteiger partial charge in [0.05, 0.1) is 23.3 Å². The largest absolute Gasteiger partial charge is 0.458 e. The minimum Gasteiger partial charge on any atom is -0.458 e. The summed E-state index contributed by atoms with van der Waals surface area (Å²) in [5, 5.41) is 10.7. The second kappa shape index (κ2) is 18.0. The normalized spacial score (nSPS) is 32.0. The number of hydrogen-bond acceptors (Lipinski definition) is 14. The Balaban J connectivity index is 0.000000186. The quantitative estimate of drug-likeness (QED) is 0.202. The maximum absolute atomic E-state index is 13.1. The lowest BCUT2D eigenvalue weighted by Crippen LogP contribution is -2.34. The molecule has 2 saturated heterocycles. The van der Waals surface area contributed by atoms with Gasteiger partial charge in [-0.3, -0.25) is 4.79 Å². The van der Waals surface area contributed by atoms with Gasteiger partial charge in [-0.25, -0.2) is 9.59 Å². The molecular formula is C48H58O14. The molecule has 0 amide bonds. The van der Waals surface area contributed by atoms with Gasteiger partial charge in [0.15, 0.2) is 40.4 Å². The fourth-order valence-corrected chi connectivity index (χ4v) is 8.21. The predicted octanol–water partition coefficient (Wildman–Crippen LogP) is 7.73. The monoisotopic (exact) mass is 858 g/mol. The van der Waals surface area contributed by atoms with E-state index in [1.54, 1.807) is 38.1 Å². The number of ether oxygens (including phenoxy) is 10. The van der Waals surface area contributed by atoms with E-state index in [0.29, 0.717) is 58.1 Å². The minimum absolute atomic E-state index is 0.0939. The van der Waals surface area contributed by atoms with E-state index in [1.165, 1.54) is 6.08 Å². The number of benzene rings is 2. The van der Waals surface area contributed by atoms with Gasteiger partial charge < -0.3 is 52.5 Å². The Morgan fingerprint density at radius 1 is 0.597 bits per heavy atom. The number of cyclic esters (lactones) is 2. The number of aliphatic hydroxyl groups excluding tert-OH is 1. The Bertz CT molecular complexity index is 2180. The highest BCUT2D eigenvalue weighted by Gasteiger charge is 2.45. The number of ketones is 1. The van der Waals surface area contributed by atoms with Crippen LogP contribution in [0.5, 0.6) is 23.0 Å². The van der Waals surface area contributed by atoms with E-state index in [0.717, 1.165) is 11.1 Å². The Kier molecular flexibility index (Phi) is 13.1. The van der Waals surface area contributed by atoms with Gasteiger partial charge in [0.2, 0.25) is 13.6 Å². The SMILES string of the molecule is Cc1cc2c(c3c1C(=O)O[C@@H](C)[C@H](C)/C=C\C(=O)[C@H]1OC(C)(C)O[C@H]1CC=C3)OCO2.Cc1cc2c(c3c1C(=O)O[C@@H](C)[C@H](C)/C=C\C(O)[C@H]1OC(C)(C)O[C@H]1CC=C3)OCO2. The molecule has 14 nitrogen and oxygen atoms in total. The van der Waals surface area contributed by atoms with Crippen LogP contribution in [0.25, 0.3) is 12.2 Å². The van der Waals surface area contributed by atoms with E-state index in [4.69, 9.17) is 47.4 Å². The molecule has 0 radical (unpaired) electrons. The van der Waals surface area contributed by atoms with Crippen LogP contribution in [-0.4, -0.2) is 90.7 Å². The fraction of sp³-hybridized carbons (Fsp3) is 0.521. The van der Waals surface area contributed by atoms with Crippen molar-refractivity contribution in [3.8, 4) is 23.0 Å². The molecule has 2 aromatic carbocycles. The minimum atomic E-state index is -0.856. The number of carbonyl (C=O) groups is 3. The van der Waals surface area contributed by atoms with Gasteiger partial charge in [-0.1, -0.05) is 56.4 Å². The Morgan fingerprint density at radius 3 is 1.63 bits per heavy atom. The highest BCUT2D eigenvalue weighted by Crippen LogP contribution is 2.43. The lowest BCUT2D eigenvalue weighted by molar-refractivity contribution is -0.152. The van der Waals surface area contributed by atoms with Crippen LogP contribution in [-0.2, 0) is 33.2 Å². The van der Waals surface area contributed by atoms with Gasteiger partial charge >= 0.3 is 11.9 Å². The molecule has 62 heavy (non-hydrogen) atoms. The highest BCUT2D eigenvalue weighted by molar-refractivity contribution is 5.98. The Morgan fingerprint density at radius 2 is 1.08 bits per heavy atom. The van der Waals surface area contributed by atoms with E-state index in [1.807, 2.05) is 85.8 Å². The van der Waals surface area contributed by atoms with Crippen molar-refractivity contribution in [3.05, 3.63) is 82.0 Å². The second-order valence-electron chi connectivity index (χ2n) is 17.5. The zero-order chi connectivity index (χ0) is 44.7. The summed E-state index contributed by atoms with van der Waals surface area (Å²) < 4.78 is 57.8. The number of aryl methyl sites for hydroxylation is 2. The summed E-state index contributed by atoms with van der Waals surface area (Å²) in [7, 11) is 0. The van der Waals surface area contributed by atoms with E-state index in [9.17, 15) is 19.5 Å². The molecule has 1 unspecified atom stereocenters. The molecule has 0 saturated carbocycles.